The van der Waals surface area contributed by atoms with Crippen molar-refractivity contribution in [2.45, 2.75) is 9.92 Å². The molecule has 0 unspecified atom stereocenters. The third-order valence-corrected chi connectivity index (χ3v) is 3.69. The van der Waals surface area contributed by atoms with Crippen LogP contribution in [0.3, 0.4) is 0 Å². The van der Waals surface area contributed by atoms with Crippen LogP contribution in [0.1, 0.15) is 5.56 Å². The lowest BCUT2D eigenvalue weighted by Crippen LogP contribution is -1.83. The van der Waals surface area contributed by atoms with Gasteiger partial charge in [-0.05, 0) is 46.3 Å². The SMILES string of the molecule is N#Cc1ccc(Cl)cc1Sc1ccc(Br)cn1. The minimum Gasteiger partial charge on any atom is -0.248 e. The molecule has 0 spiro atoms. The van der Waals surface area contributed by atoms with Gasteiger partial charge in [0.1, 0.15) is 11.1 Å². The molecule has 17 heavy (non-hydrogen) atoms. The van der Waals surface area contributed by atoms with E-state index in [1.54, 1.807) is 24.4 Å². The van der Waals surface area contributed by atoms with E-state index < -0.39 is 0 Å². The van der Waals surface area contributed by atoms with Crippen LogP contribution in [0.25, 0.3) is 0 Å². The molecule has 0 N–H and O–H groups in total. The van der Waals surface area contributed by atoms with Crippen LogP contribution in [0, 0.1) is 11.3 Å². The summed E-state index contributed by atoms with van der Waals surface area (Å²) in [5.41, 5.74) is 0.601. The van der Waals surface area contributed by atoms with E-state index in [9.17, 15) is 0 Å². The second-order valence-electron chi connectivity index (χ2n) is 3.17. The zero-order chi connectivity index (χ0) is 12.3. The molecule has 0 saturated carbocycles. The summed E-state index contributed by atoms with van der Waals surface area (Å²) in [7, 11) is 0. The zero-order valence-corrected chi connectivity index (χ0v) is 11.7. The highest BCUT2D eigenvalue weighted by molar-refractivity contribution is 9.10. The van der Waals surface area contributed by atoms with E-state index >= 15 is 0 Å². The number of pyridine rings is 1. The van der Waals surface area contributed by atoms with Gasteiger partial charge in [-0.2, -0.15) is 5.26 Å². The van der Waals surface area contributed by atoms with Gasteiger partial charge < -0.3 is 0 Å². The van der Waals surface area contributed by atoms with Crippen LogP contribution in [0.5, 0.6) is 0 Å². The summed E-state index contributed by atoms with van der Waals surface area (Å²) in [4.78, 5) is 5.06. The van der Waals surface area contributed by atoms with Crippen molar-refractivity contribution in [1.29, 1.82) is 5.26 Å². The smallest absolute Gasteiger partial charge is 0.101 e. The van der Waals surface area contributed by atoms with Crippen molar-refractivity contribution < 1.29 is 0 Å². The van der Waals surface area contributed by atoms with E-state index in [1.807, 2.05) is 12.1 Å². The van der Waals surface area contributed by atoms with Crippen LogP contribution < -0.4 is 0 Å². The normalized spacial score (nSPS) is 9.94. The van der Waals surface area contributed by atoms with E-state index in [2.05, 4.69) is 27.0 Å². The fourth-order valence-electron chi connectivity index (χ4n) is 1.21. The first-order valence-electron chi connectivity index (χ1n) is 4.68. The lowest BCUT2D eigenvalue weighted by molar-refractivity contribution is 1.12. The molecular formula is C12H6BrClN2S. The number of aromatic nitrogens is 1. The Hall–Kier alpha value is -1.02. The summed E-state index contributed by atoms with van der Waals surface area (Å²) in [6.45, 7) is 0. The first kappa shape index (κ1) is 12.4. The van der Waals surface area contributed by atoms with Gasteiger partial charge in [-0.1, -0.05) is 23.4 Å². The average Bonchev–Trinajstić information content (AvgIpc) is 2.32. The predicted octanol–water partition coefficient (Wildman–Crippen LogP) is 4.52. The number of hydrogen-bond donors (Lipinski definition) is 0. The Morgan fingerprint density at radius 2 is 2.12 bits per heavy atom. The number of halogens is 2. The van der Waals surface area contributed by atoms with Gasteiger partial charge in [0.2, 0.25) is 0 Å². The number of nitrogens with zero attached hydrogens (tertiary/aromatic N) is 2. The van der Waals surface area contributed by atoms with Crippen LogP contribution in [0.15, 0.2) is 50.9 Å². The van der Waals surface area contributed by atoms with Gasteiger partial charge in [0.05, 0.1) is 5.56 Å². The van der Waals surface area contributed by atoms with Crippen molar-refractivity contribution in [2.75, 3.05) is 0 Å². The number of nitriles is 1. The lowest BCUT2D eigenvalue weighted by Gasteiger charge is -2.03. The first-order chi connectivity index (χ1) is 8.19. The van der Waals surface area contributed by atoms with Crippen LogP contribution in [0.4, 0.5) is 0 Å². The van der Waals surface area contributed by atoms with Crippen LogP contribution in [-0.2, 0) is 0 Å². The number of rotatable bonds is 2. The predicted molar refractivity (Wildman–Crippen MR) is 72.2 cm³/mol. The van der Waals surface area contributed by atoms with Gasteiger partial charge >= 0.3 is 0 Å². The van der Waals surface area contributed by atoms with Crippen molar-refractivity contribution >= 4 is 39.3 Å². The highest BCUT2D eigenvalue weighted by atomic mass is 79.9. The van der Waals surface area contributed by atoms with Crippen LogP contribution in [-0.4, -0.2) is 4.98 Å². The molecular weight excluding hydrogens is 320 g/mol. The molecule has 2 nitrogen and oxygen atoms in total. The number of benzene rings is 1. The van der Waals surface area contributed by atoms with Gasteiger partial charge in [-0.25, -0.2) is 4.98 Å². The van der Waals surface area contributed by atoms with Crippen molar-refractivity contribution in [3.63, 3.8) is 0 Å². The van der Waals surface area contributed by atoms with E-state index in [1.165, 1.54) is 11.8 Å². The highest BCUT2D eigenvalue weighted by Gasteiger charge is 2.06. The molecule has 5 heteroatoms. The average molecular weight is 326 g/mol. The maximum atomic E-state index is 9.00. The summed E-state index contributed by atoms with van der Waals surface area (Å²) in [6, 6.07) is 11.1. The molecule has 0 aliphatic rings. The van der Waals surface area contributed by atoms with Crippen molar-refractivity contribution in [1.82, 2.24) is 4.98 Å². The van der Waals surface area contributed by atoms with Crippen LogP contribution in [0.2, 0.25) is 5.02 Å². The molecule has 1 aromatic carbocycles. The lowest BCUT2D eigenvalue weighted by atomic mass is 10.2. The molecule has 0 radical (unpaired) electrons. The van der Waals surface area contributed by atoms with Gasteiger partial charge in [0.25, 0.3) is 0 Å². The molecule has 0 atom stereocenters. The second-order valence-corrected chi connectivity index (χ2v) is 5.58. The third kappa shape index (κ3) is 3.22. The van der Waals surface area contributed by atoms with E-state index in [0.717, 1.165) is 14.4 Å². The summed E-state index contributed by atoms with van der Waals surface area (Å²) >= 11 is 10.7. The van der Waals surface area contributed by atoms with Gasteiger partial charge in [0, 0.05) is 20.6 Å². The van der Waals surface area contributed by atoms with Gasteiger partial charge in [-0.3, -0.25) is 0 Å². The van der Waals surface area contributed by atoms with E-state index in [4.69, 9.17) is 16.9 Å². The summed E-state index contributed by atoms with van der Waals surface area (Å²) in [6.07, 6.45) is 1.72. The Morgan fingerprint density at radius 3 is 2.76 bits per heavy atom. The summed E-state index contributed by atoms with van der Waals surface area (Å²) < 4.78 is 0.924. The zero-order valence-electron chi connectivity index (χ0n) is 8.52. The minimum absolute atomic E-state index is 0.601. The molecule has 0 aliphatic heterocycles. The van der Waals surface area contributed by atoms with E-state index in [-0.39, 0.29) is 0 Å². The molecule has 84 valence electrons. The maximum absolute atomic E-state index is 9.00. The molecule has 0 saturated heterocycles. The molecule has 2 aromatic rings. The Kier molecular flexibility index (Phi) is 4.06. The third-order valence-electron chi connectivity index (χ3n) is 1.98. The second kappa shape index (κ2) is 5.54. The summed E-state index contributed by atoms with van der Waals surface area (Å²) in [5, 5.41) is 10.4. The first-order valence-corrected chi connectivity index (χ1v) is 6.67. The Labute approximate surface area is 117 Å². The minimum atomic E-state index is 0.601. The molecule has 1 heterocycles. The molecule has 0 fully saturated rings. The van der Waals surface area contributed by atoms with Gasteiger partial charge in [0.15, 0.2) is 0 Å². The number of hydrogen-bond acceptors (Lipinski definition) is 3. The Balaban J connectivity index is 2.32. The Morgan fingerprint density at radius 1 is 1.29 bits per heavy atom. The maximum Gasteiger partial charge on any atom is 0.101 e. The van der Waals surface area contributed by atoms with Crippen LogP contribution >= 0.6 is 39.3 Å². The quantitative estimate of drug-likeness (QED) is 0.814. The Bertz CT molecular complexity index is 578. The van der Waals surface area contributed by atoms with E-state index in [0.29, 0.717) is 10.6 Å². The fraction of sp³-hybridized carbons (Fsp3) is 0. The van der Waals surface area contributed by atoms with Crippen molar-refractivity contribution in [3.05, 3.63) is 51.6 Å². The molecule has 2 rings (SSSR count). The van der Waals surface area contributed by atoms with Crippen molar-refractivity contribution in [2.24, 2.45) is 0 Å². The molecule has 0 bridgehead atoms. The highest BCUT2D eigenvalue weighted by Crippen LogP contribution is 2.31. The van der Waals surface area contributed by atoms with Crippen molar-refractivity contribution in [3.8, 4) is 6.07 Å². The largest absolute Gasteiger partial charge is 0.248 e. The monoisotopic (exact) mass is 324 g/mol. The summed E-state index contributed by atoms with van der Waals surface area (Å²) in [5.74, 6) is 0. The molecule has 0 amide bonds. The standard InChI is InChI=1S/C12H6BrClN2S/c13-9-2-4-12(16-7-9)17-11-5-10(14)3-1-8(11)6-15/h1-5,7H. The van der Waals surface area contributed by atoms with Gasteiger partial charge in [-0.15, -0.1) is 0 Å². The topological polar surface area (TPSA) is 36.7 Å². The molecule has 1 aromatic heterocycles. The molecule has 0 aliphatic carbocycles. The fourth-order valence-corrected chi connectivity index (χ4v) is 2.56.